The van der Waals surface area contributed by atoms with Crippen LogP contribution in [0.2, 0.25) is 0 Å². The molecule has 1 rings (SSSR count). The highest BCUT2D eigenvalue weighted by atomic mass is 32.1. The average molecular weight is 117 g/mol. The number of hydrazone groups is 1. The number of rotatable bonds is 0. The van der Waals surface area contributed by atoms with Gasteiger partial charge in [0.25, 0.3) is 0 Å². The lowest BCUT2D eigenvalue weighted by molar-refractivity contribution is 0.408. The Hall–Kier alpha value is -0.380. The van der Waals surface area contributed by atoms with Gasteiger partial charge in [-0.3, -0.25) is 0 Å². The fraction of sp³-hybridized carbons (Fsp3) is 0.667. The van der Waals surface area contributed by atoms with Crippen molar-refractivity contribution in [3.8, 4) is 0 Å². The van der Waals surface area contributed by atoms with Crippen LogP contribution in [0.25, 0.3) is 0 Å². The van der Waals surface area contributed by atoms with Crippen molar-refractivity contribution in [1.82, 2.24) is 9.31 Å². The molecular weight excluding hydrogens is 110 g/mol. The Labute approximate surface area is 48.1 Å². The summed E-state index contributed by atoms with van der Waals surface area (Å²) in [6.45, 7) is 0.781. The molecule has 3 nitrogen and oxygen atoms in total. The minimum atomic E-state index is 0.781. The minimum absolute atomic E-state index is 0.781. The zero-order chi connectivity index (χ0) is 5.28. The van der Waals surface area contributed by atoms with Crippen LogP contribution in [-0.4, -0.2) is 29.4 Å². The van der Waals surface area contributed by atoms with Crippen molar-refractivity contribution < 1.29 is 0 Å². The molecule has 0 N–H and O–H groups in total. The summed E-state index contributed by atoms with van der Waals surface area (Å²) in [4.78, 5) is 1.94. The third-order valence-electron chi connectivity index (χ3n) is 0.732. The van der Waals surface area contributed by atoms with E-state index in [4.69, 9.17) is 0 Å². The number of hydrogen-bond acceptors (Lipinski definition) is 4. The molecule has 0 unspecified atom stereocenters. The van der Waals surface area contributed by atoms with E-state index in [9.17, 15) is 0 Å². The molecule has 0 fully saturated rings. The summed E-state index contributed by atoms with van der Waals surface area (Å²) in [6, 6.07) is 0. The Morgan fingerprint density at radius 2 is 2.57 bits per heavy atom. The van der Waals surface area contributed by atoms with Gasteiger partial charge in [0, 0.05) is 7.05 Å². The minimum Gasteiger partial charge on any atom is -0.344 e. The van der Waals surface area contributed by atoms with Crippen LogP contribution < -0.4 is 0 Å². The lowest BCUT2D eigenvalue weighted by Crippen LogP contribution is -2.16. The standard InChI is InChI=1S/C3H7N3S/c1-5-2-4-6(7)3-5/h2,7H,3H2,1H3. The van der Waals surface area contributed by atoms with Crippen molar-refractivity contribution in [1.29, 1.82) is 0 Å². The molecule has 0 aromatic rings. The smallest absolute Gasteiger partial charge is 0.119 e. The molecule has 0 spiro atoms. The first-order valence-electron chi connectivity index (χ1n) is 2.00. The monoisotopic (exact) mass is 117 g/mol. The molecule has 0 atom stereocenters. The van der Waals surface area contributed by atoms with Crippen LogP contribution in [0.4, 0.5) is 0 Å². The van der Waals surface area contributed by atoms with E-state index in [0.29, 0.717) is 0 Å². The van der Waals surface area contributed by atoms with Gasteiger partial charge in [0.1, 0.15) is 13.0 Å². The Morgan fingerprint density at radius 1 is 1.86 bits per heavy atom. The van der Waals surface area contributed by atoms with Crippen molar-refractivity contribution in [3.63, 3.8) is 0 Å². The molecule has 1 heterocycles. The second-order valence-corrected chi connectivity index (χ2v) is 1.96. The summed E-state index contributed by atoms with van der Waals surface area (Å²) >= 11 is 3.95. The highest BCUT2D eigenvalue weighted by molar-refractivity contribution is 7.77. The molecule has 0 aliphatic carbocycles. The second kappa shape index (κ2) is 1.61. The van der Waals surface area contributed by atoms with E-state index >= 15 is 0 Å². The van der Waals surface area contributed by atoms with Crippen LogP contribution in [0, 0.1) is 0 Å². The van der Waals surface area contributed by atoms with E-state index in [2.05, 4.69) is 17.9 Å². The summed E-state index contributed by atoms with van der Waals surface area (Å²) in [5.41, 5.74) is 0. The molecule has 4 heteroatoms. The van der Waals surface area contributed by atoms with Crippen LogP contribution in [-0.2, 0) is 0 Å². The largest absolute Gasteiger partial charge is 0.344 e. The van der Waals surface area contributed by atoms with Crippen LogP contribution in [0.3, 0.4) is 0 Å². The SMILES string of the molecule is CN1C=NN(S)C1. The van der Waals surface area contributed by atoms with Gasteiger partial charge < -0.3 is 4.90 Å². The first kappa shape index (κ1) is 4.77. The quantitative estimate of drug-likeness (QED) is 0.450. The lowest BCUT2D eigenvalue weighted by Gasteiger charge is -2.06. The predicted molar refractivity (Wildman–Crippen MR) is 31.9 cm³/mol. The molecule has 0 aromatic carbocycles. The van der Waals surface area contributed by atoms with Gasteiger partial charge in [-0.2, -0.15) is 5.10 Å². The highest BCUT2D eigenvalue weighted by Gasteiger charge is 2.02. The van der Waals surface area contributed by atoms with Crippen molar-refractivity contribution in [2.75, 3.05) is 13.7 Å². The highest BCUT2D eigenvalue weighted by Crippen LogP contribution is 1.99. The molecule has 0 saturated heterocycles. The summed E-state index contributed by atoms with van der Waals surface area (Å²) in [7, 11) is 1.94. The van der Waals surface area contributed by atoms with Crippen molar-refractivity contribution in [2.45, 2.75) is 0 Å². The normalized spacial score (nSPS) is 19.1. The van der Waals surface area contributed by atoms with Crippen LogP contribution in [0.1, 0.15) is 0 Å². The van der Waals surface area contributed by atoms with Gasteiger partial charge in [-0.25, -0.2) is 4.41 Å². The predicted octanol–water partition coefficient (Wildman–Crippen LogP) is -0.0206. The van der Waals surface area contributed by atoms with E-state index in [0.717, 1.165) is 6.67 Å². The zero-order valence-electron chi connectivity index (χ0n) is 4.07. The third-order valence-corrected chi connectivity index (χ3v) is 0.961. The third kappa shape index (κ3) is 0.991. The molecule has 0 saturated carbocycles. The maximum absolute atomic E-state index is 3.95. The van der Waals surface area contributed by atoms with E-state index < -0.39 is 0 Å². The Balaban J connectivity index is 2.42. The number of nitrogens with zero attached hydrogens (tertiary/aromatic N) is 3. The van der Waals surface area contributed by atoms with Gasteiger partial charge in [-0.1, -0.05) is 0 Å². The molecule has 0 bridgehead atoms. The van der Waals surface area contributed by atoms with Gasteiger partial charge in [-0.05, 0) is 12.8 Å². The van der Waals surface area contributed by atoms with E-state index in [1.165, 1.54) is 0 Å². The molecule has 0 aromatic heterocycles. The van der Waals surface area contributed by atoms with E-state index in [1.54, 1.807) is 10.8 Å². The molecule has 1 aliphatic rings. The summed E-state index contributed by atoms with van der Waals surface area (Å²) < 4.78 is 1.57. The Morgan fingerprint density at radius 3 is 2.71 bits per heavy atom. The van der Waals surface area contributed by atoms with E-state index in [1.807, 2.05) is 11.9 Å². The van der Waals surface area contributed by atoms with Crippen LogP contribution >= 0.6 is 12.8 Å². The lowest BCUT2D eigenvalue weighted by atomic mass is 10.9. The van der Waals surface area contributed by atoms with Crippen molar-refractivity contribution in [3.05, 3.63) is 0 Å². The van der Waals surface area contributed by atoms with Gasteiger partial charge in [0.2, 0.25) is 0 Å². The Kier molecular flexibility index (Phi) is 1.10. The summed E-state index contributed by atoms with van der Waals surface area (Å²) in [5.74, 6) is 0. The van der Waals surface area contributed by atoms with Crippen molar-refractivity contribution >= 4 is 19.2 Å². The van der Waals surface area contributed by atoms with Gasteiger partial charge >= 0.3 is 0 Å². The maximum Gasteiger partial charge on any atom is 0.119 e. The average Bonchev–Trinajstić information content (AvgIpc) is 1.87. The summed E-state index contributed by atoms with van der Waals surface area (Å²) in [5, 5.41) is 3.82. The number of thiol groups is 1. The molecule has 7 heavy (non-hydrogen) atoms. The fourth-order valence-corrected chi connectivity index (χ4v) is 0.666. The number of hydrogen-bond donors (Lipinski definition) is 1. The molecular formula is C3H7N3S. The second-order valence-electron chi connectivity index (χ2n) is 1.50. The topological polar surface area (TPSA) is 18.8 Å². The first-order valence-corrected chi connectivity index (χ1v) is 2.40. The van der Waals surface area contributed by atoms with Crippen molar-refractivity contribution in [2.24, 2.45) is 5.10 Å². The Bertz CT molecular complexity index is 82.2. The van der Waals surface area contributed by atoms with E-state index in [-0.39, 0.29) is 0 Å². The van der Waals surface area contributed by atoms with Gasteiger partial charge in [0.15, 0.2) is 0 Å². The molecule has 1 aliphatic heterocycles. The van der Waals surface area contributed by atoms with Gasteiger partial charge in [0.05, 0.1) is 0 Å². The summed E-state index contributed by atoms with van der Waals surface area (Å²) in [6.07, 6.45) is 1.73. The van der Waals surface area contributed by atoms with Crippen LogP contribution in [0.15, 0.2) is 5.10 Å². The fourth-order valence-electron chi connectivity index (χ4n) is 0.420. The van der Waals surface area contributed by atoms with Crippen LogP contribution in [0.5, 0.6) is 0 Å². The molecule has 0 amide bonds. The maximum atomic E-state index is 3.95. The first-order chi connectivity index (χ1) is 3.29. The zero-order valence-corrected chi connectivity index (χ0v) is 4.97. The molecule has 0 radical (unpaired) electrons. The van der Waals surface area contributed by atoms with Gasteiger partial charge in [-0.15, -0.1) is 0 Å². The molecule has 40 valence electrons.